The molecule has 0 unspecified atom stereocenters. The third kappa shape index (κ3) is 3.68. The molecule has 20 heavy (non-hydrogen) atoms. The second-order valence-electron chi connectivity index (χ2n) is 4.75. The molecule has 0 saturated carbocycles. The summed E-state index contributed by atoms with van der Waals surface area (Å²) in [6.07, 6.45) is 5.20. The number of amides is 1. The standard InChI is InChI=1S/C15H20N4O/c1-2-6-13(16)15(20)18-14-8-4-3-7-12(14)11-19-10-5-9-17-19/h3-5,7-10,13H,2,6,11,16H2,1H3,(H,18,20)/t13-/m0/s1. The van der Waals surface area contributed by atoms with Crippen molar-refractivity contribution in [1.82, 2.24) is 9.78 Å². The Bertz CT molecular complexity index is 551. The molecule has 0 radical (unpaired) electrons. The van der Waals surface area contributed by atoms with Gasteiger partial charge in [-0.2, -0.15) is 5.10 Å². The Hall–Kier alpha value is -2.14. The maximum atomic E-state index is 12.0. The Morgan fingerprint density at radius 2 is 2.20 bits per heavy atom. The Labute approximate surface area is 118 Å². The molecule has 3 N–H and O–H groups in total. The third-order valence-electron chi connectivity index (χ3n) is 3.10. The number of nitrogens with two attached hydrogens (primary N) is 1. The highest BCUT2D eigenvalue weighted by Gasteiger charge is 2.14. The summed E-state index contributed by atoms with van der Waals surface area (Å²) in [5, 5.41) is 7.08. The SMILES string of the molecule is CCC[C@H](N)C(=O)Nc1ccccc1Cn1cccn1. The Balaban J connectivity index is 2.09. The van der Waals surface area contributed by atoms with E-state index >= 15 is 0 Å². The van der Waals surface area contributed by atoms with Gasteiger partial charge in [-0.3, -0.25) is 9.48 Å². The van der Waals surface area contributed by atoms with Crippen LogP contribution < -0.4 is 11.1 Å². The zero-order valence-electron chi connectivity index (χ0n) is 11.6. The number of para-hydroxylation sites is 1. The van der Waals surface area contributed by atoms with E-state index in [9.17, 15) is 4.79 Å². The lowest BCUT2D eigenvalue weighted by Gasteiger charge is -2.14. The van der Waals surface area contributed by atoms with Crippen molar-refractivity contribution in [2.75, 3.05) is 5.32 Å². The van der Waals surface area contributed by atoms with Gasteiger partial charge in [0.15, 0.2) is 0 Å². The number of rotatable bonds is 6. The number of nitrogens with zero attached hydrogens (tertiary/aromatic N) is 2. The zero-order chi connectivity index (χ0) is 14.4. The van der Waals surface area contributed by atoms with Gasteiger partial charge in [0.05, 0.1) is 12.6 Å². The van der Waals surface area contributed by atoms with E-state index in [-0.39, 0.29) is 5.91 Å². The summed E-state index contributed by atoms with van der Waals surface area (Å²) in [5.74, 6) is -0.139. The number of benzene rings is 1. The summed E-state index contributed by atoms with van der Waals surface area (Å²) < 4.78 is 1.82. The molecule has 5 heteroatoms. The van der Waals surface area contributed by atoms with E-state index < -0.39 is 6.04 Å². The van der Waals surface area contributed by atoms with Gasteiger partial charge in [0.2, 0.25) is 5.91 Å². The van der Waals surface area contributed by atoms with Gasteiger partial charge in [-0.15, -0.1) is 0 Å². The lowest BCUT2D eigenvalue weighted by Crippen LogP contribution is -2.35. The van der Waals surface area contributed by atoms with Crippen LogP contribution in [0, 0.1) is 0 Å². The summed E-state index contributed by atoms with van der Waals surface area (Å²) in [6.45, 7) is 2.63. The fraction of sp³-hybridized carbons (Fsp3) is 0.333. The van der Waals surface area contributed by atoms with Gasteiger partial charge in [-0.1, -0.05) is 31.5 Å². The van der Waals surface area contributed by atoms with Crippen LogP contribution >= 0.6 is 0 Å². The predicted octanol–water partition coefficient (Wildman–Crippen LogP) is 2.00. The van der Waals surface area contributed by atoms with Crippen molar-refractivity contribution in [2.24, 2.45) is 5.73 Å². The first-order valence-electron chi connectivity index (χ1n) is 6.82. The van der Waals surface area contributed by atoms with Gasteiger partial charge in [0, 0.05) is 18.1 Å². The smallest absolute Gasteiger partial charge is 0.241 e. The molecule has 1 amide bonds. The molecule has 1 aromatic carbocycles. The van der Waals surface area contributed by atoms with Crippen LogP contribution in [-0.2, 0) is 11.3 Å². The summed E-state index contributed by atoms with van der Waals surface area (Å²) in [4.78, 5) is 12.0. The lowest BCUT2D eigenvalue weighted by atomic mass is 10.1. The predicted molar refractivity (Wildman–Crippen MR) is 79.3 cm³/mol. The monoisotopic (exact) mass is 272 g/mol. The molecule has 1 aromatic heterocycles. The molecule has 1 atom stereocenters. The number of carbonyl (C=O) groups is 1. The minimum Gasteiger partial charge on any atom is -0.324 e. The molecule has 0 fully saturated rings. The average Bonchev–Trinajstić information content (AvgIpc) is 2.94. The number of carbonyl (C=O) groups excluding carboxylic acids is 1. The fourth-order valence-electron chi connectivity index (χ4n) is 2.02. The molecule has 0 bridgehead atoms. The van der Waals surface area contributed by atoms with Gasteiger partial charge in [0.25, 0.3) is 0 Å². The van der Waals surface area contributed by atoms with Gasteiger partial charge in [0.1, 0.15) is 0 Å². The van der Waals surface area contributed by atoms with Crippen molar-refractivity contribution < 1.29 is 4.79 Å². The first-order valence-corrected chi connectivity index (χ1v) is 6.82. The topological polar surface area (TPSA) is 72.9 Å². The molecule has 0 spiro atoms. The van der Waals surface area contributed by atoms with Crippen LogP contribution in [0.25, 0.3) is 0 Å². The maximum absolute atomic E-state index is 12.0. The minimum atomic E-state index is -0.460. The maximum Gasteiger partial charge on any atom is 0.241 e. The van der Waals surface area contributed by atoms with E-state index in [4.69, 9.17) is 5.73 Å². The van der Waals surface area contributed by atoms with Crippen LogP contribution in [0.2, 0.25) is 0 Å². The molecule has 0 saturated heterocycles. The second kappa shape index (κ2) is 6.86. The normalized spacial score (nSPS) is 12.1. The largest absolute Gasteiger partial charge is 0.324 e. The van der Waals surface area contributed by atoms with Crippen LogP contribution in [0.4, 0.5) is 5.69 Å². The highest BCUT2D eigenvalue weighted by atomic mass is 16.2. The Morgan fingerprint density at radius 3 is 2.90 bits per heavy atom. The van der Waals surface area contributed by atoms with E-state index in [1.165, 1.54) is 0 Å². The van der Waals surface area contributed by atoms with E-state index in [0.29, 0.717) is 13.0 Å². The minimum absolute atomic E-state index is 0.139. The van der Waals surface area contributed by atoms with Crippen molar-refractivity contribution in [3.63, 3.8) is 0 Å². The van der Waals surface area contributed by atoms with Crippen molar-refractivity contribution in [3.05, 3.63) is 48.3 Å². The number of aromatic nitrogens is 2. The number of nitrogens with one attached hydrogen (secondary N) is 1. The van der Waals surface area contributed by atoms with E-state index in [1.54, 1.807) is 6.20 Å². The Kier molecular flexibility index (Phi) is 4.90. The summed E-state index contributed by atoms with van der Waals surface area (Å²) in [5.41, 5.74) is 7.63. The van der Waals surface area contributed by atoms with Crippen molar-refractivity contribution in [1.29, 1.82) is 0 Å². The van der Waals surface area contributed by atoms with Gasteiger partial charge in [-0.25, -0.2) is 0 Å². The van der Waals surface area contributed by atoms with E-state index in [1.807, 2.05) is 48.1 Å². The zero-order valence-corrected chi connectivity index (χ0v) is 11.6. The van der Waals surface area contributed by atoms with Crippen LogP contribution in [0.3, 0.4) is 0 Å². The van der Waals surface area contributed by atoms with Gasteiger partial charge >= 0.3 is 0 Å². The van der Waals surface area contributed by atoms with Gasteiger partial charge < -0.3 is 11.1 Å². The summed E-state index contributed by atoms with van der Waals surface area (Å²) in [7, 11) is 0. The molecule has 5 nitrogen and oxygen atoms in total. The fourth-order valence-corrected chi connectivity index (χ4v) is 2.02. The highest BCUT2D eigenvalue weighted by Crippen LogP contribution is 2.16. The second-order valence-corrected chi connectivity index (χ2v) is 4.75. The van der Waals surface area contributed by atoms with E-state index in [0.717, 1.165) is 17.7 Å². The molecule has 0 aliphatic rings. The average molecular weight is 272 g/mol. The third-order valence-corrected chi connectivity index (χ3v) is 3.10. The van der Waals surface area contributed by atoms with E-state index in [2.05, 4.69) is 10.4 Å². The molecular weight excluding hydrogens is 252 g/mol. The molecule has 2 rings (SSSR count). The molecule has 0 aliphatic carbocycles. The lowest BCUT2D eigenvalue weighted by molar-refractivity contribution is -0.117. The summed E-state index contributed by atoms with van der Waals surface area (Å²) in [6, 6.07) is 9.11. The van der Waals surface area contributed by atoms with Crippen molar-refractivity contribution >= 4 is 11.6 Å². The van der Waals surface area contributed by atoms with Crippen LogP contribution in [-0.4, -0.2) is 21.7 Å². The molecule has 0 aliphatic heterocycles. The Morgan fingerprint density at radius 1 is 1.40 bits per heavy atom. The number of anilines is 1. The molecular formula is C15H20N4O. The molecule has 1 heterocycles. The van der Waals surface area contributed by atoms with Crippen LogP contribution in [0.5, 0.6) is 0 Å². The van der Waals surface area contributed by atoms with Crippen LogP contribution in [0.15, 0.2) is 42.7 Å². The molecule has 2 aromatic rings. The summed E-state index contributed by atoms with van der Waals surface area (Å²) >= 11 is 0. The van der Waals surface area contributed by atoms with Crippen molar-refractivity contribution in [2.45, 2.75) is 32.4 Å². The highest BCUT2D eigenvalue weighted by molar-refractivity contribution is 5.95. The van der Waals surface area contributed by atoms with Gasteiger partial charge in [-0.05, 0) is 24.1 Å². The van der Waals surface area contributed by atoms with Crippen LogP contribution in [0.1, 0.15) is 25.3 Å². The first kappa shape index (κ1) is 14.3. The molecule has 106 valence electrons. The number of hydrogen-bond donors (Lipinski definition) is 2. The first-order chi connectivity index (χ1) is 9.70. The quantitative estimate of drug-likeness (QED) is 0.844. The number of hydrogen-bond acceptors (Lipinski definition) is 3. The van der Waals surface area contributed by atoms with Crippen molar-refractivity contribution in [3.8, 4) is 0 Å².